The van der Waals surface area contributed by atoms with Crippen molar-refractivity contribution in [2.75, 3.05) is 5.32 Å². The number of hydrogen-bond donors (Lipinski definition) is 1. The van der Waals surface area contributed by atoms with Gasteiger partial charge in [0.15, 0.2) is 5.78 Å². The molecule has 0 heterocycles. The minimum Gasteiger partial charge on any atom is -0.383 e. The second-order valence-electron chi connectivity index (χ2n) is 4.19. The molecular formula is C14H21NO. The molecule has 0 radical (unpaired) electrons. The summed E-state index contributed by atoms with van der Waals surface area (Å²) in [4.78, 5) is 11.4. The Bertz CT molecular complexity index is 329. The van der Waals surface area contributed by atoms with E-state index in [0.717, 1.165) is 17.7 Å². The van der Waals surface area contributed by atoms with Crippen molar-refractivity contribution in [2.24, 2.45) is 0 Å². The van der Waals surface area contributed by atoms with E-state index >= 15 is 0 Å². The number of Topliss-reactive ketones (excluding diaryl/α,β-unsaturated/α-hetero) is 1. The lowest BCUT2D eigenvalue weighted by atomic mass is 10.1. The number of carbonyl (C=O) groups excluding carboxylic acids is 1. The van der Waals surface area contributed by atoms with Crippen LogP contribution in [0.1, 0.15) is 50.4 Å². The van der Waals surface area contributed by atoms with Crippen LogP contribution in [0.25, 0.3) is 0 Å². The van der Waals surface area contributed by atoms with E-state index in [4.69, 9.17) is 0 Å². The van der Waals surface area contributed by atoms with Crippen LogP contribution in [-0.4, -0.2) is 11.8 Å². The third-order valence-electron chi connectivity index (χ3n) is 2.66. The summed E-state index contributed by atoms with van der Waals surface area (Å²) in [6.07, 6.45) is 2.91. The van der Waals surface area contributed by atoms with Gasteiger partial charge < -0.3 is 5.32 Å². The molecule has 16 heavy (non-hydrogen) atoms. The van der Waals surface area contributed by atoms with E-state index in [1.54, 1.807) is 0 Å². The minimum atomic E-state index is 0.202. The van der Waals surface area contributed by atoms with Crippen molar-refractivity contribution in [3.8, 4) is 0 Å². The van der Waals surface area contributed by atoms with Gasteiger partial charge in [-0.2, -0.15) is 0 Å². The fraction of sp³-hybridized carbons (Fsp3) is 0.500. The molecule has 2 heteroatoms. The number of ketones is 1. The van der Waals surface area contributed by atoms with Crippen LogP contribution >= 0.6 is 0 Å². The largest absolute Gasteiger partial charge is 0.383 e. The molecular weight excluding hydrogens is 198 g/mol. The Hall–Kier alpha value is -1.31. The lowest BCUT2D eigenvalue weighted by Gasteiger charge is -2.14. The zero-order valence-corrected chi connectivity index (χ0v) is 10.4. The predicted octanol–water partition coefficient (Wildman–Crippen LogP) is 3.88. The maximum absolute atomic E-state index is 11.4. The highest BCUT2D eigenvalue weighted by molar-refractivity contribution is 5.96. The fourth-order valence-electron chi connectivity index (χ4n) is 1.75. The maximum atomic E-state index is 11.4. The second kappa shape index (κ2) is 6.31. The molecule has 1 unspecified atom stereocenters. The lowest BCUT2D eigenvalue weighted by molar-refractivity contribution is 0.0988. The zero-order valence-electron chi connectivity index (χ0n) is 10.4. The van der Waals surface area contributed by atoms with Crippen LogP contribution in [0.15, 0.2) is 24.3 Å². The molecule has 0 spiro atoms. The number of hydrogen-bond acceptors (Lipinski definition) is 2. The summed E-state index contributed by atoms with van der Waals surface area (Å²) in [5.41, 5.74) is 1.89. The Morgan fingerprint density at radius 2 is 1.88 bits per heavy atom. The number of carbonyl (C=O) groups is 1. The first kappa shape index (κ1) is 12.8. The highest BCUT2D eigenvalue weighted by atomic mass is 16.1. The molecule has 0 aliphatic rings. The van der Waals surface area contributed by atoms with E-state index in [0.29, 0.717) is 12.5 Å². The van der Waals surface area contributed by atoms with E-state index in [2.05, 4.69) is 19.2 Å². The summed E-state index contributed by atoms with van der Waals surface area (Å²) < 4.78 is 0. The summed E-state index contributed by atoms with van der Waals surface area (Å²) in [5.74, 6) is 0.202. The molecule has 1 N–H and O–H groups in total. The zero-order chi connectivity index (χ0) is 12.0. The molecule has 1 atom stereocenters. The van der Waals surface area contributed by atoms with Crippen molar-refractivity contribution in [2.45, 2.75) is 46.1 Å². The van der Waals surface area contributed by atoms with Crippen molar-refractivity contribution in [1.82, 2.24) is 0 Å². The van der Waals surface area contributed by atoms with Gasteiger partial charge in [0.1, 0.15) is 0 Å². The van der Waals surface area contributed by atoms with Gasteiger partial charge in [0, 0.05) is 23.7 Å². The number of nitrogens with one attached hydrogen (secondary N) is 1. The molecule has 0 aliphatic heterocycles. The number of rotatable bonds is 6. The van der Waals surface area contributed by atoms with Crippen molar-refractivity contribution in [3.63, 3.8) is 0 Å². The molecule has 0 bridgehead atoms. The minimum absolute atomic E-state index is 0.202. The van der Waals surface area contributed by atoms with Gasteiger partial charge in [0.25, 0.3) is 0 Å². The predicted molar refractivity (Wildman–Crippen MR) is 69.1 cm³/mol. The Morgan fingerprint density at radius 1 is 1.25 bits per heavy atom. The van der Waals surface area contributed by atoms with Gasteiger partial charge in [-0.25, -0.2) is 0 Å². The van der Waals surface area contributed by atoms with Crippen LogP contribution in [-0.2, 0) is 0 Å². The third-order valence-corrected chi connectivity index (χ3v) is 2.66. The van der Waals surface area contributed by atoms with Gasteiger partial charge in [0.05, 0.1) is 0 Å². The average Bonchev–Trinajstić information content (AvgIpc) is 2.29. The molecule has 0 aromatic heterocycles. The topological polar surface area (TPSA) is 29.1 Å². The Labute approximate surface area is 98.1 Å². The van der Waals surface area contributed by atoms with E-state index in [-0.39, 0.29) is 5.78 Å². The van der Waals surface area contributed by atoms with Gasteiger partial charge >= 0.3 is 0 Å². The Kier molecular flexibility index (Phi) is 5.03. The standard InChI is InChI=1S/C14H21NO/c1-4-6-11(3)15-13-9-7-12(8-10-13)14(16)5-2/h7-11,15H,4-6H2,1-3H3. The lowest BCUT2D eigenvalue weighted by Crippen LogP contribution is -2.14. The molecule has 2 nitrogen and oxygen atoms in total. The third kappa shape index (κ3) is 3.69. The van der Waals surface area contributed by atoms with E-state index < -0.39 is 0 Å². The van der Waals surface area contributed by atoms with Gasteiger partial charge in [-0.3, -0.25) is 4.79 Å². The summed E-state index contributed by atoms with van der Waals surface area (Å²) in [7, 11) is 0. The number of benzene rings is 1. The summed E-state index contributed by atoms with van der Waals surface area (Å²) in [6.45, 7) is 6.24. The second-order valence-corrected chi connectivity index (χ2v) is 4.19. The van der Waals surface area contributed by atoms with Crippen molar-refractivity contribution in [1.29, 1.82) is 0 Å². The van der Waals surface area contributed by atoms with Gasteiger partial charge in [-0.15, -0.1) is 0 Å². The Balaban J connectivity index is 2.61. The quantitative estimate of drug-likeness (QED) is 0.736. The molecule has 0 fully saturated rings. The van der Waals surface area contributed by atoms with Crippen LogP contribution in [0.3, 0.4) is 0 Å². The summed E-state index contributed by atoms with van der Waals surface area (Å²) in [6, 6.07) is 8.24. The molecule has 88 valence electrons. The van der Waals surface area contributed by atoms with Crippen molar-refractivity contribution in [3.05, 3.63) is 29.8 Å². The summed E-state index contributed by atoms with van der Waals surface area (Å²) >= 11 is 0. The van der Waals surface area contributed by atoms with Crippen molar-refractivity contribution < 1.29 is 4.79 Å². The Morgan fingerprint density at radius 3 is 2.38 bits per heavy atom. The molecule has 0 aliphatic carbocycles. The average molecular weight is 219 g/mol. The first-order valence-corrected chi connectivity index (χ1v) is 6.07. The highest BCUT2D eigenvalue weighted by Crippen LogP contribution is 2.13. The van der Waals surface area contributed by atoms with Crippen LogP contribution in [0.2, 0.25) is 0 Å². The van der Waals surface area contributed by atoms with E-state index in [1.807, 2.05) is 31.2 Å². The first-order chi connectivity index (χ1) is 7.67. The molecule has 1 rings (SSSR count). The first-order valence-electron chi connectivity index (χ1n) is 6.07. The van der Waals surface area contributed by atoms with Crippen LogP contribution in [0.5, 0.6) is 0 Å². The van der Waals surface area contributed by atoms with Gasteiger partial charge in [-0.05, 0) is 37.6 Å². The SMILES string of the molecule is CCCC(C)Nc1ccc(C(=O)CC)cc1. The molecule has 0 saturated carbocycles. The van der Waals surface area contributed by atoms with E-state index in [1.165, 1.54) is 6.42 Å². The van der Waals surface area contributed by atoms with Gasteiger partial charge in [0.2, 0.25) is 0 Å². The molecule has 1 aromatic rings. The molecule has 1 aromatic carbocycles. The van der Waals surface area contributed by atoms with Gasteiger partial charge in [-0.1, -0.05) is 20.3 Å². The normalized spacial score (nSPS) is 12.2. The van der Waals surface area contributed by atoms with Crippen molar-refractivity contribution >= 4 is 11.5 Å². The van der Waals surface area contributed by atoms with Crippen LogP contribution in [0.4, 0.5) is 5.69 Å². The maximum Gasteiger partial charge on any atom is 0.162 e. The monoisotopic (exact) mass is 219 g/mol. The van der Waals surface area contributed by atoms with Crippen LogP contribution < -0.4 is 5.32 Å². The summed E-state index contributed by atoms with van der Waals surface area (Å²) in [5, 5.41) is 3.42. The molecule has 0 saturated heterocycles. The fourth-order valence-corrected chi connectivity index (χ4v) is 1.75. The highest BCUT2D eigenvalue weighted by Gasteiger charge is 2.03. The van der Waals surface area contributed by atoms with Crippen LogP contribution in [0, 0.1) is 0 Å². The smallest absolute Gasteiger partial charge is 0.162 e. The molecule has 0 amide bonds. The van der Waals surface area contributed by atoms with E-state index in [9.17, 15) is 4.79 Å². The number of anilines is 1.